The van der Waals surface area contributed by atoms with Crippen LogP contribution in [0.15, 0.2) is 16.5 Å². The van der Waals surface area contributed by atoms with Crippen molar-refractivity contribution in [1.29, 1.82) is 0 Å². The van der Waals surface area contributed by atoms with Gasteiger partial charge in [0.15, 0.2) is 0 Å². The van der Waals surface area contributed by atoms with Crippen molar-refractivity contribution in [3.63, 3.8) is 0 Å². The van der Waals surface area contributed by atoms with Crippen molar-refractivity contribution in [3.8, 4) is 0 Å². The van der Waals surface area contributed by atoms with Crippen molar-refractivity contribution in [2.75, 3.05) is 0 Å². The van der Waals surface area contributed by atoms with Gasteiger partial charge in [0.25, 0.3) is 0 Å². The van der Waals surface area contributed by atoms with Gasteiger partial charge in [0.05, 0.1) is 0 Å². The quantitative estimate of drug-likeness (QED) is 0.627. The number of hydrogen-bond acceptors (Lipinski definition) is 2. The van der Waals surface area contributed by atoms with Crippen LogP contribution in [-0.4, -0.2) is 6.26 Å². The third-order valence-electron chi connectivity index (χ3n) is 1.46. The molecule has 0 bridgehead atoms. The first-order chi connectivity index (χ1) is 6.35. The summed E-state index contributed by atoms with van der Waals surface area (Å²) < 4.78 is 26.8. The van der Waals surface area contributed by atoms with Crippen molar-refractivity contribution >= 4 is 6.26 Å². The lowest BCUT2D eigenvalue weighted by atomic mass is 10.1. The van der Waals surface area contributed by atoms with E-state index < -0.39 is 18.6 Å². The largest absolute Gasteiger partial charge is 0.466 e. The first-order valence-electron chi connectivity index (χ1n) is 4.93. The number of hydrogen-bond donors (Lipinski definition) is 0. The van der Waals surface area contributed by atoms with E-state index in [4.69, 9.17) is 8.53 Å². The number of aryl methyl sites for hydroxylation is 1. The highest BCUT2D eigenvalue weighted by Gasteiger charge is 2.07. The monoisotopic (exact) mass is 155 g/mol. The first-order valence-corrected chi connectivity index (χ1v) is 3.43. The molecule has 2 nitrogen and oxygen atoms in total. The second-order valence-corrected chi connectivity index (χ2v) is 2.42. The van der Waals surface area contributed by atoms with Crippen LogP contribution in [0.5, 0.6) is 0 Å². The van der Waals surface area contributed by atoms with Crippen molar-refractivity contribution < 1.29 is 13.3 Å². The third kappa shape index (κ3) is 1.93. The van der Waals surface area contributed by atoms with Gasteiger partial charge in [-0.15, -0.1) is 0 Å². The molecule has 1 aromatic heterocycles. The van der Waals surface area contributed by atoms with Crippen LogP contribution in [0.2, 0.25) is 0 Å². The topological polar surface area (TPSA) is 30.2 Å². The number of carbonyl (C=O) groups excluding carboxylic acids is 1. The summed E-state index contributed by atoms with van der Waals surface area (Å²) in [4.78, 5) is 10.7. The van der Waals surface area contributed by atoms with Crippen molar-refractivity contribution in [1.82, 2.24) is 0 Å². The highest BCUT2D eigenvalue weighted by Crippen LogP contribution is 2.19. The normalized spacial score (nSPS) is 18.2. The fraction of sp³-hybridized carbons (Fsp3) is 0.444. The second kappa shape index (κ2) is 3.37. The van der Waals surface area contributed by atoms with Gasteiger partial charge in [0.2, 0.25) is 0 Å². The van der Waals surface area contributed by atoms with E-state index in [2.05, 4.69) is 0 Å². The lowest BCUT2D eigenvalue weighted by molar-refractivity contribution is -0.108. The molecule has 1 aromatic rings. The summed E-state index contributed by atoms with van der Waals surface area (Å²) in [5.41, 5.74) is 0. The Balaban J connectivity index is 2.95. The Morgan fingerprint density at radius 2 is 2.64 bits per heavy atom. The average molecular weight is 155 g/mol. The van der Waals surface area contributed by atoms with Crippen LogP contribution in [-0.2, 0) is 4.79 Å². The molecule has 1 rings (SSSR count). The summed E-state index contributed by atoms with van der Waals surface area (Å²) >= 11 is 0. The van der Waals surface area contributed by atoms with Gasteiger partial charge in [-0.25, -0.2) is 0 Å². The Morgan fingerprint density at radius 1 is 1.91 bits per heavy atom. The van der Waals surface area contributed by atoms with Crippen LogP contribution < -0.4 is 0 Å². The smallest absolute Gasteiger partial charge is 0.120 e. The van der Waals surface area contributed by atoms with E-state index in [-0.39, 0.29) is 0 Å². The summed E-state index contributed by atoms with van der Waals surface area (Å²) in [5, 5.41) is 0. The summed E-state index contributed by atoms with van der Waals surface area (Å²) in [7, 11) is 0. The minimum absolute atomic E-state index is 0.396. The Bertz CT molecular complexity index is 344. The molecule has 60 valence electrons. The summed E-state index contributed by atoms with van der Waals surface area (Å²) in [6.07, 6.45) is -3.41. The molecule has 1 heterocycles. The van der Waals surface area contributed by atoms with E-state index >= 15 is 0 Å². The number of carbonyl (C=O) groups is 1. The van der Waals surface area contributed by atoms with E-state index in [0.29, 0.717) is 11.5 Å². The fourth-order valence-corrected chi connectivity index (χ4v) is 0.846. The molecule has 1 unspecified atom stereocenters. The fourth-order valence-electron chi connectivity index (χ4n) is 0.846. The van der Waals surface area contributed by atoms with Gasteiger partial charge in [-0.3, -0.25) is 0 Å². The minimum atomic E-state index is -2.19. The third-order valence-corrected chi connectivity index (χ3v) is 1.46. The van der Waals surface area contributed by atoms with Crippen molar-refractivity contribution in [2.24, 2.45) is 0 Å². The molecular formula is C9H12O2. The Morgan fingerprint density at radius 3 is 3.09 bits per heavy atom. The number of furan rings is 1. The van der Waals surface area contributed by atoms with E-state index in [9.17, 15) is 4.79 Å². The molecule has 11 heavy (non-hydrogen) atoms. The number of rotatable bonds is 3. The highest BCUT2D eigenvalue weighted by molar-refractivity contribution is 5.50. The SMILES string of the molecule is [2H]C(=O)C([2H])([2H])C(C)c1ccc(C)o1. The van der Waals surface area contributed by atoms with E-state index in [1.165, 1.54) is 6.92 Å². The van der Waals surface area contributed by atoms with E-state index in [0.717, 1.165) is 0 Å². The van der Waals surface area contributed by atoms with Gasteiger partial charge >= 0.3 is 0 Å². The van der Waals surface area contributed by atoms with Gasteiger partial charge < -0.3 is 9.21 Å². The minimum Gasteiger partial charge on any atom is -0.466 e. The predicted octanol–water partition coefficient (Wildman–Crippen LogP) is 2.28. The highest BCUT2D eigenvalue weighted by atomic mass is 16.3. The van der Waals surface area contributed by atoms with Gasteiger partial charge in [-0.2, -0.15) is 0 Å². The average Bonchev–Trinajstić information content (AvgIpc) is 2.50. The summed E-state index contributed by atoms with van der Waals surface area (Å²) in [5.74, 6) is 0.328. The van der Waals surface area contributed by atoms with Crippen LogP contribution in [0.3, 0.4) is 0 Å². The molecule has 0 aliphatic heterocycles. The Kier molecular flexibility index (Phi) is 1.46. The standard InChI is InChI=1S/C9H12O2/c1-7(5-6-10)9-4-3-8(2)11-9/h3-4,6-7H,5H2,1-2H3/i5D2,6D. The Hall–Kier alpha value is -1.05. The molecule has 0 aliphatic rings. The maximum Gasteiger partial charge on any atom is 0.120 e. The molecule has 0 spiro atoms. The molecule has 1 atom stereocenters. The molecule has 0 saturated carbocycles. The molecule has 0 aromatic carbocycles. The van der Waals surface area contributed by atoms with E-state index in [1.54, 1.807) is 19.1 Å². The second-order valence-electron chi connectivity index (χ2n) is 2.42. The Labute approximate surface area is 70.4 Å². The van der Waals surface area contributed by atoms with Crippen molar-refractivity contribution in [3.05, 3.63) is 23.7 Å². The van der Waals surface area contributed by atoms with Gasteiger partial charge in [0.1, 0.15) is 19.2 Å². The van der Waals surface area contributed by atoms with Crippen molar-refractivity contribution in [2.45, 2.75) is 26.1 Å². The van der Waals surface area contributed by atoms with Crippen LogP contribution in [0.4, 0.5) is 0 Å². The molecule has 0 radical (unpaired) electrons. The summed E-state index contributed by atoms with van der Waals surface area (Å²) in [6.45, 7) is 3.28. The zero-order valence-corrected chi connectivity index (χ0v) is 6.55. The van der Waals surface area contributed by atoms with Crippen LogP contribution in [0.25, 0.3) is 0 Å². The predicted molar refractivity (Wildman–Crippen MR) is 42.5 cm³/mol. The van der Waals surface area contributed by atoms with Gasteiger partial charge in [0, 0.05) is 15.0 Å². The lowest BCUT2D eigenvalue weighted by Gasteiger charge is -2.01. The molecule has 0 aliphatic carbocycles. The van der Waals surface area contributed by atoms with E-state index in [1.807, 2.05) is 0 Å². The molecular weight excluding hydrogens is 140 g/mol. The lowest BCUT2D eigenvalue weighted by Crippen LogP contribution is -1.90. The van der Waals surface area contributed by atoms with Crippen LogP contribution in [0.1, 0.15) is 34.8 Å². The maximum atomic E-state index is 10.7. The maximum absolute atomic E-state index is 10.7. The first kappa shape index (κ1) is 4.75. The van der Waals surface area contributed by atoms with Gasteiger partial charge in [-0.05, 0) is 19.1 Å². The zero-order valence-electron chi connectivity index (χ0n) is 9.55. The van der Waals surface area contributed by atoms with Crippen LogP contribution in [0, 0.1) is 6.92 Å². The number of aldehydes is 1. The summed E-state index contributed by atoms with van der Waals surface area (Å²) in [6, 6.07) is 3.33. The molecule has 2 heteroatoms. The molecule has 0 saturated heterocycles. The van der Waals surface area contributed by atoms with Crippen LogP contribution >= 0.6 is 0 Å². The zero-order chi connectivity index (χ0) is 10.9. The molecule has 0 fully saturated rings. The molecule has 0 N–H and O–H groups in total. The molecule has 0 amide bonds. The van der Waals surface area contributed by atoms with Gasteiger partial charge in [-0.1, -0.05) is 6.92 Å².